The Morgan fingerprint density at radius 2 is 2.00 bits per heavy atom. The minimum absolute atomic E-state index is 0.715. The van der Waals surface area contributed by atoms with Crippen LogP contribution in [0.25, 0.3) is 0 Å². The summed E-state index contributed by atoms with van der Waals surface area (Å²) >= 11 is 1.62. The van der Waals surface area contributed by atoms with Gasteiger partial charge in [0.25, 0.3) is 0 Å². The van der Waals surface area contributed by atoms with E-state index in [4.69, 9.17) is 5.73 Å². The van der Waals surface area contributed by atoms with Gasteiger partial charge in [0.05, 0.1) is 0 Å². The Morgan fingerprint density at radius 1 is 1.28 bits per heavy atom. The van der Waals surface area contributed by atoms with Crippen LogP contribution in [0.3, 0.4) is 0 Å². The fourth-order valence-electron chi connectivity index (χ4n) is 3.12. The maximum atomic E-state index is 6.04. The Morgan fingerprint density at radius 3 is 2.61 bits per heavy atom. The highest BCUT2D eigenvalue weighted by Gasteiger charge is 2.33. The summed E-state index contributed by atoms with van der Waals surface area (Å²) < 4.78 is 4.39. The van der Waals surface area contributed by atoms with Crippen LogP contribution in [0.2, 0.25) is 0 Å². The molecule has 0 amide bonds. The second-order valence-electron chi connectivity index (χ2n) is 5.78. The molecule has 18 heavy (non-hydrogen) atoms. The molecular weight excluding hydrogens is 242 g/mol. The van der Waals surface area contributed by atoms with Gasteiger partial charge in [0.2, 0.25) is 0 Å². The molecule has 0 atom stereocenters. The van der Waals surface area contributed by atoms with Crippen LogP contribution in [0.15, 0.2) is 0 Å². The number of anilines is 2. The normalized spacial score (nSPS) is 21.5. The molecule has 1 saturated carbocycles. The lowest BCUT2D eigenvalue weighted by Gasteiger charge is -2.33. The number of piperidine rings is 1. The van der Waals surface area contributed by atoms with Crippen LogP contribution >= 0.6 is 11.5 Å². The van der Waals surface area contributed by atoms with E-state index in [0.717, 1.165) is 11.7 Å². The third-order valence-electron chi connectivity index (χ3n) is 4.32. The van der Waals surface area contributed by atoms with Gasteiger partial charge in [-0.1, -0.05) is 19.8 Å². The summed E-state index contributed by atoms with van der Waals surface area (Å²) in [6.45, 7) is 4.69. The third-order valence-corrected chi connectivity index (χ3v) is 5.26. The number of hydrogen-bond donors (Lipinski definition) is 1. The highest BCUT2D eigenvalue weighted by atomic mass is 32.1. The molecule has 3 nitrogen and oxygen atoms in total. The Balaban J connectivity index is 1.69. The number of nitrogen functional groups attached to an aromatic ring is 1. The molecule has 1 aliphatic carbocycles. The van der Waals surface area contributed by atoms with Crippen molar-refractivity contribution in [1.29, 1.82) is 0 Å². The molecule has 0 unspecified atom stereocenters. The lowest BCUT2D eigenvalue weighted by Crippen LogP contribution is -2.33. The molecule has 1 aromatic rings. The molecule has 1 aliphatic heterocycles. The summed E-state index contributed by atoms with van der Waals surface area (Å²) in [6, 6.07) is 0. The molecule has 2 heterocycles. The summed E-state index contributed by atoms with van der Waals surface area (Å²) in [5.41, 5.74) is 7.41. The second kappa shape index (κ2) is 5.08. The van der Waals surface area contributed by atoms with Crippen LogP contribution in [0.4, 0.5) is 10.8 Å². The van der Waals surface area contributed by atoms with Gasteiger partial charge >= 0.3 is 0 Å². The Bertz CT molecular complexity index is 403. The van der Waals surface area contributed by atoms with E-state index in [1.165, 1.54) is 62.2 Å². The average Bonchev–Trinajstić information content (AvgIpc) is 3.14. The first-order valence-corrected chi connectivity index (χ1v) is 8.07. The van der Waals surface area contributed by atoms with Gasteiger partial charge < -0.3 is 10.6 Å². The number of rotatable bonds is 4. The number of aromatic nitrogens is 1. The third kappa shape index (κ3) is 2.35. The SMILES string of the molecule is CCCC1CCN(c2snc(N)c2C2CC2)CC1. The molecule has 1 saturated heterocycles. The minimum Gasteiger partial charge on any atom is -0.383 e. The Labute approximate surface area is 114 Å². The molecule has 0 bridgehead atoms. The summed E-state index contributed by atoms with van der Waals surface area (Å²) in [6.07, 6.45) is 8.02. The van der Waals surface area contributed by atoms with Crippen molar-refractivity contribution >= 4 is 22.4 Å². The van der Waals surface area contributed by atoms with E-state index < -0.39 is 0 Å². The van der Waals surface area contributed by atoms with Crippen LogP contribution in [0, 0.1) is 5.92 Å². The lowest BCUT2D eigenvalue weighted by atomic mass is 9.92. The monoisotopic (exact) mass is 265 g/mol. The number of nitrogens with two attached hydrogens (primary N) is 1. The van der Waals surface area contributed by atoms with Crippen LogP contribution in [-0.2, 0) is 0 Å². The molecule has 3 rings (SSSR count). The molecule has 2 aliphatic rings. The van der Waals surface area contributed by atoms with Gasteiger partial charge in [0.15, 0.2) is 0 Å². The molecule has 4 heteroatoms. The molecule has 0 spiro atoms. The van der Waals surface area contributed by atoms with Crippen molar-refractivity contribution in [3.05, 3.63) is 5.56 Å². The summed E-state index contributed by atoms with van der Waals surface area (Å²) in [5, 5.41) is 1.38. The summed E-state index contributed by atoms with van der Waals surface area (Å²) in [5.74, 6) is 2.46. The van der Waals surface area contributed by atoms with Crippen LogP contribution < -0.4 is 10.6 Å². The zero-order valence-electron chi connectivity index (χ0n) is 11.2. The second-order valence-corrected chi connectivity index (χ2v) is 6.53. The molecule has 100 valence electrons. The molecule has 1 aromatic heterocycles. The van der Waals surface area contributed by atoms with Crippen molar-refractivity contribution in [1.82, 2.24) is 4.37 Å². The maximum absolute atomic E-state index is 6.04. The van der Waals surface area contributed by atoms with Crippen molar-refractivity contribution in [2.75, 3.05) is 23.7 Å². The summed E-state index contributed by atoms with van der Waals surface area (Å²) in [7, 11) is 0. The van der Waals surface area contributed by atoms with Gasteiger partial charge in [0.1, 0.15) is 10.8 Å². The molecule has 0 aromatic carbocycles. The number of hydrogen-bond acceptors (Lipinski definition) is 4. The van der Waals surface area contributed by atoms with Gasteiger partial charge in [-0.25, -0.2) is 0 Å². The summed E-state index contributed by atoms with van der Waals surface area (Å²) in [4.78, 5) is 2.54. The predicted molar refractivity (Wildman–Crippen MR) is 78.3 cm³/mol. The topological polar surface area (TPSA) is 42.2 Å². The van der Waals surface area contributed by atoms with Crippen molar-refractivity contribution in [3.63, 3.8) is 0 Å². The van der Waals surface area contributed by atoms with E-state index in [9.17, 15) is 0 Å². The van der Waals surface area contributed by atoms with Crippen LogP contribution in [-0.4, -0.2) is 17.5 Å². The van der Waals surface area contributed by atoms with Crippen molar-refractivity contribution in [2.24, 2.45) is 5.92 Å². The van der Waals surface area contributed by atoms with E-state index in [0.29, 0.717) is 5.92 Å². The predicted octanol–water partition coefficient (Wildman–Crippen LogP) is 3.62. The Kier molecular flexibility index (Phi) is 3.46. The van der Waals surface area contributed by atoms with E-state index in [-0.39, 0.29) is 0 Å². The van der Waals surface area contributed by atoms with Crippen molar-refractivity contribution in [2.45, 2.75) is 51.4 Å². The zero-order chi connectivity index (χ0) is 12.5. The molecule has 0 radical (unpaired) electrons. The van der Waals surface area contributed by atoms with E-state index in [2.05, 4.69) is 16.2 Å². The van der Waals surface area contributed by atoms with E-state index in [1.807, 2.05) is 0 Å². The lowest BCUT2D eigenvalue weighted by molar-refractivity contribution is 0.379. The largest absolute Gasteiger partial charge is 0.383 e. The first-order chi connectivity index (χ1) is 8.79. The van der Waals surface area contributed by atoms with Crippen LogP contribution in [0.5, 0.6) is 0 Å². The Hall–Kier alpha value is -0.770. The smallest absolute Gasteiger partial charge is 0.142 e. The van der Waals surface area contributed by atoms with Gasteiger partial charge in [-0.05, 0) is 49.1 Å². The van der Waals surface area contributed by atoms with Gasteiger partial charge in [-0.3, -0.25) is 0 Å². The van der Waals surface area contributed by atoms with Gasteiger partial charge in [-0.2, -0.15) is 4.37 Å². The quantitative estimate of drug-likeness (QED) is 0.904. The molecule has 2 N–H and O–H groups in total. The van der Waals surface area contributed by atoms with Gasteiger partial charge in [0, 0.05) is 18.7 Å². The standard InChI is InChI=1S/C14H23N3S/c1-2-3-10-6-8-17(9-7-10)14-12(11-4-5-11)13(15)16-18-14/h10-11H,2-9H2,1H3,(H2,15,16). The fraction of sp³-hybridized carbons (Fsp3) is 0.786. The highest BCUT2D eigenvalue weighted by Crippen LogP contribution is 2.49. The average molecular weight is 265 g/mol. The van der Waals surface area contributed by atoms with Crippen LogP contribution in [0.1, 0.15) is 56.9 Å². The maximum Gasteiger partial charge on any atom is 0.142 e. The zero-order valence-corrected chi connectivity index (χ0v) is 12.0. The molecule has 2 fully saturated rings. The fourth-order valence-corrected chi connectivity index (χ4v) is 4.07. The van der Waals surface area contributed by atoms with Gasteiger partial charge in [-0.15, -0.1) is 0 Å². The van der Waals surface area contributed by atoms with E-state index >= 15 is 0 Å². The molecular formula is C14H23N3S. The first kappa shape index (κ1) is 12.3. The van der Waals surface area contributed by atoms with Crippen molar-refractivity contribution < 1.29 is 0 Å². The van der Waals surface area contributed by atoms with E-state index in [1.54, 1.807) is 11.5 Å². The highest BCUT2D eigenvalue weighted by molar-refractivity contribution is 7.10. The minimum atomic E-state index is 0.715. The first-order valence-electron chi connectivity index (χ1n) is 7.29. The number of nitrogens with zero attached hydrogens (tertiary/aromatic N) is 2. The van der Waals surface area contributed by atoms with Crippen molar-refractivity contribution in [3.8, 4) is 0 Å².